The molecular weight excluding hydrogens is 340 g/mol. The predicted molar refractivity (Wildman–Crippen MR) is 95.7 cm³/mol. The number of amides is 2. The zero-order valence-electron chi connectivity index (χ0n) is 13.7. The van der Waals surface area contributed by atoms with Crippen molar-refractivity contribution in [2.24, 2.45) is 5.73 Å². The number of carbonyl (C=O) groups excluding carboxylic acids is 2. The van der Waals surface area contributed by atoms with Crippen LogP contribution in [0, 0.1) is 0 Å². The number of rotatable bonds is 6. The second-order valence-corrected chi connectivity index (χ2v) is 6.55. The Balaban J connectivity index is 1.53. The molecule has 1 aromatic carbocycles. The van der Waals surface area contributed by atoms with Crippen LogP contribution in [0.15, 0.2) is 29.6 Å². The Bertz CT molecular complexity index is 739. The van der Waals surface area contributed by atoms with E-state index in [4.69, 9.17) is 10.5 Å². The van der Waals surface area contributed by atoms with Crippen LogP contribution in [0.5, 0.6) is 0 Å². The molecule has 7 nitrogen and oxygen atoms in total. The van der Waals surface area contributed by atoms with Crippen LogP contribution in [0.4, 0.5) is 0 Å². The standard InChI is InChI=1S/C17H20N4O3S/c18-15(22)17-20-14(11-25-17)12-1-3-13(4-2-12)16(23)19-5-6-21-7-9-24-10-8-21/h1-4,11H,5-10H2,(H2,18,22)(H,19,23). The van der Waals surface area contributed by atoms with E-state index in [1.807, 2.05) is 12.1 Å². The lowest BCUT2D eigenvalue weighted by molar-refractivity contribution is 0.0383. The SMILES string of the molecule is NC(=O)c1nc(-c2ccc(C(=O)NCCN3CCOCC3)cc2)cs1. The molecule has 1 aliphatic heterocycles. The summed E-state index contributed by atoms with van der Waals surface area (Å²) in [6.07, 6.45) is 0. The van der Waals surface area contributed by atoms with E-state index >= 15 is 0 Å². The normalized spacial score (nSPS) is 15.0. The molecule has 3 rings (SSSR count). The Kier molecular flexibility index (Phi) is 5.75. The molecule has 1 saturated heterocycles. The van der Waals surface area contributed by atoms with Crippen LogP contribution in [0.25, 0.3) is 11.3 Å². The van der Waals surface area contributed by atoms with Crippen molar-refractivity contribution in [3.8, 4) is 11.3 Å². The van der Waals surface area contributed by atoms with E-state index in [0.717, 1.165) is 38.4 Å². The van der Waals surface area contributed by atoms with Gasteiger partial charge in [0.05, 0.1) is 18.9 Å². The van der Waals surface area contributed by atoms with Crippen molar-refractivity contribution in [3.05, 3.63) is 40.2 Å². The fourth-order valence-corrected chi connectivity index (χ4v) is 3.25. The molecule has 3 N–H and O–H groups in total. The third kappa shape index (κ3) is 4.62. The van der Waals surface area contributed by atoms with Gasteiger partial charge in [0.25, 0.3) is 11.8 Å². The van der Waals surface area contributed by atoms with Gasteiger partial charge < -0.3 is 15.8 Å². The summed E-state index contributed by atoms with van der Waals surface area (Å²) in [6.45, 7) is 4.75. The first-order valence-corrected chi connectivity index (χ1v) is 8.95. The highest BCUT2D eigenvalue weighted by Gasteiger charge is 2.12. The first kappa shape index (κ1) is 17.5. The molecule has 0 atom stereocenters. The summed E-state index contributed by atoms with van der Waals surface area (Å²) < 4.78 is 5.30. The second kappa shape index (κ2) is 8.19. The number of benzene rings is 1. The smallest absolute Gasteiger partial charge is 0.277 e. The zero-order chi connectivity index (χ0) is 17.6. The van der Waals surface area contributed by atoms with Gasteiger partial charge in [-0.1, -0.05) is 12.1 Å². The van der Waals surface area contributed by atoms with Gasteiger partial charge in [-0.05, 0) is 12.1 Å². The van der Waals surface area contributed by atoms with Crippen molar-refractivity contribution in [2.45, 2.75) is 0 Å². The summed E-state index contributed by atoms with van der Waals surface area (Å²) in [5.74, 6) is -0.636. The van der Waals surface area contributed by atoms with Gasteiger partial charge in [0.15, 0.2) is 5.01 Å². The number of morpholine rings is 1. The monoisotopic (exact) mass is 360 g/mol. The van der Waals surface area contributed by atoms with Crippen LogP contribution in [0.2, 0.25) is 0 Å². The van der Waals surface area contributed by atoms with Crippen molar-refractivity contribution >= 4 is 23.2 Å². The molecule has 1 aliphatic rings. The molecular formula is C17H20N4O3S. The first-order valence-electron chi connectivity index (χ1n) is 8.07. The van der Waals surface area contributed by atoms with Crippen molar-refractivity contribution < 1.29 is 14.3 Å². The van der Waals surface area contributed by atoms with Crippen LogP contribution < -0.4 is 11.1 Å². The maximum Gasteiger partial charge on any atom is 0.277 e. The van der Waals surface area contributed by atoms with Crippen LogP contribution in [0.1, 0.15) is 20.2 Å². The number of hydrogen-bond donors (Lipinski definition) is 2. The molecule has 132 valence electrons. The van der Waals surface area contributed by atoms with Crippen molar-refractivity contribution in [1.82, 2.24) is 15.2 Å². The Morgan fingerprint density at radius 1 is 1.24 bits per heavy atom. The van der Waals surface area contributed by atoms with Gasteiger partial charge in [0.2, 0.25) is 0 Å². The molecule has 0 unspecified atom stereocenters. The fourth-order valence-electron chi connectivity index (χ4n) is 2.57. The molecule has 0 aliphatic carbocycles. The number of nitrogens with one attached hydrogen (secondary N) is 1. The van der Waals surface area contributed by atoms with E-state index in [-0.39, 0.29) is 10.9 Å². The number of aromatic nitrogens is 1. The third-order valence-electron chi connectivity index (χ3n) is 3.98. The lowest BCUT2D eigenvalue weighted by Gasteiger charge is -2.26. The summed E-state index contributed by atoms with van der Waals surface area (Å²) in [7, 11) is 0. The number of thiazole rings is 1. The van der Waals surface area contributed by atoms with Gasteiger partial charge in [-0.25, -0.2) is 4.98 Å². The Hall–Kier alpha value is -2.29. The molecule has 8 heteroatoms. The average molecular weight is 360 g/mol. The van der Waals surface area contributed by atoms with Gasteiger partial charge in [-0.15, -0.1) is 11.3 Å². The summed E-state index contributed by atoms with van der Waals surface area (Å²) in [6, 6.07) is 7.14. The number of hydrogen-bond acceptors (Lipinski definition) is 6. The van der Waals surface area contributed by atoms with Crippen LogP contribution in [-0.4, -0.2) is 61.1 Å². The molecule has 2 amide bonds. The van der Waals surface area contributed by atoms with Crippen LogP contribution in [-0.2, 0) is 4.74 Å². The largest absolute Gasteiger partial charge is 0.379 e. The summed E-state index contributed by atoms with van der Waals surface area (Å²) >= 11 is 1.21. The summed E-state index contributed by atoms with van der Waals surface area (Å²) in [5.41, 5.74) is 7.33. The topological polar surface area (TPSA) is 97.6 Å². The molecule has 1 fully saturated rings. The first-order chi connectivity index (χ1) is 12.1. The van der Waals surface area contributed by atoms with Gasteiger partial charge in [0, 0.05) is 42.7 Å². The Morgan fingerprint density at radius 2 is 1.96 bits per heavy atom. The van der Waals surface area contributed by atoms with Crippen molar-refractivity contribution in [1.29, 1.82) is 0 Å². The molecule has 25 heavy (non-hydrogen) atoms. The maximum absolute atomic E-state index is 12.2. The van der Waals surface area contributed by atoms with Crippen LogP contribution >= 0.6 is 11.3 Å². The van der Waals surface area contributed by atoms with E-state index < -0.39 is 5.91 Å². The number of ether oxygens (including phenoxy) is 1. The molecule has 0 saturated carbocycles. The van der Waals surface area contributed by atoms with E-state index in [0.29, 0.717) is 17.8 Å². The number of nitrogens with two attached hydrogens (primary N) is 1. The van der Waals surface area contributed by atoms with E-state index in [9.17, 15) is 9.59 Å². The fraction of sp³-hybridized carbons (Fsp3) is 0.353. The molecule has 2 heterocycles. The minimum Gasteiger partial charge on any atom is -0.379 e. The highest BCUT2D eigenvalue weighted by Crippen LogP contribution is 2.22. The van der Waals surface area contributed by atoms with Gasteiger partial charge >= 0.3 is 0 Å². The van der Waals surface area contributed by atoms with E-state index in [1.54, 1.807) is 17.5 Å². The maximum atomic E-state index is 12.2. The van der Waals surface area contributed by atoms with E-state index in [2.05, 4.69) is 15.2 Å². The minimum absolute atomic E-state index is 0.101. The number of nitrogens with zero attached hydrogens (tertiary/aromatic N) is 2. The molecule has 0 radical (unpaired) electrons. The number of primary amides is 1. The van der Waals surface area contributed by atoms with Crippen LogP contribution in [0.3, 0.4) is 0 Å². The average Bonchev–Trinajstić information content (AvgIpc) is 3.13. The van der Waals surface area contributed by atoms with Gasteiger partial charge in [0.1, 0.15) is 0 Å². The highest BCUT2D eigenvalue weighted by atomic mass is 32.1. The van der Waals surface area contributed by atoms with Crippen molar-refractivity contribution in [3.63, 3.8) is 0 Å². The molecule has 2 aromatic rings. The molecule has 0 bridgehead atoms. The predicted octanol–water partition coefficient (Wildman–Crippen LogP) is 0.971. The third-order valence-corrected chi connectivity index (χ3v) is 4.83. The quantitative estimate of drug-likeness (QED) is 0.800. The zero-order valence-corrected chi connectivity index (χ0v) is 14.6. The Morgan fingerprint density at radius 3 is 2.60 bits per heavy atom. The summed E-state index contributed by atoms with van der Waals surface area (Å²) in [4.78, 5) is 29.8. The van der Waals surface area contributed by atoms with Gasteiger partial charge in [-0.2, -0.15) is 0 Å². The van der Waals surface area contributed by atoms with Crippen molar-refractivity contribution in [2.75, 3.05) is 39.4 Å². The Labute approximate surface area is 149 Å². The molecule has 0 spiro atoms. The van der Waals surface area contributed by atoms with Gasteiger partial charge in [-0.3, -0.25) is 14.5 Å². The highest BCUT2D eigenvalue weighted by molar-refractivity contribution is 7.12. The lowest BCUT2D eigenvalue weighted by atomic mass is 10.1. The van der Waals surface area contributed by atoms with E-state index in [1.165, 1.54) is 11.3 Å². The summed E-state index contributed by atoms with van der Waals surface area (Å²) in [5, 5.41) is 4.98. The number of carbonyl (C=O) groups is 2. The molecule has 1 aromatic heterocycles. The lowest BCUT2D eigenvalue weighted by Crippen LogP contribution is -2.41. The second-order valence-electron chi connectivity index (χ2n) is 5.69. The minimum atomic E-state index is -0.535.